The van der Waals surface area contributed by atoms with Gasteiger partial charge in [-0.1, -0.05) is 11.6 Å². The number of aromatic hydroxyl groups is 1. The molecule has 0 heterocycles. The number of phenolic OH excluding ortho intramolecular Hbond substituents is 1. The Bertz CT molecular complexity index is 315. The van der Waals surface area contributed by atoms with E-state index in [0.29, 0.717) is 17.3 Å². The van der Waals surface area contributed by atoms with Crippen LogP contribution in [0.1, 0.15) is 12.0 Å². The average molecular weight is 216 g/mol. The summed E-state index contributed by atoms with van der Waals surface area (Å²) >= 11 is 5.91. The zero-order chi connectivity index (χ0) is 10.6. The fourth-order valence-corrected chi connectivity index (χ4v) is 1.50. The third-order valence-corrected chi connectivity index (χ3v) is 2.30. The van der Waals surface area contributed by atoms with E-state index in [0.717, 1.165) is 18.4 Å². The maximum atomic E-state index is 9.59. The van der Waals surface area contributed by atoms with Crippen LogP contribution in [-0.4, -0.2) is 18.8 Å². The molecule has 3 N–H and O–H groups in total. The highest BCUT2D eigenvalue weighted by Gasteiger charge is 2.07. The van der Waals surface area contributed by atoms with E-state index in [2.05, 4.69) is 0 Å². The third-order valence-electron chi connectivity index (χ3n) is 2.00. The number of hydrogen-bond donors (Lipinski definition) is 2. The molecule has 4 heteroatoms. The van der Waals surface area contributed by atoms with Crippen LogP contribution in [0.2, 0.25) is 5.02 Å². The van der Waals surface area contributed by atoms with Crippen LogP contribution in [0.3, 0.4) is 0 Å². The van der Waals surface area contributed by atoms with Gasteiger partial charge in [0.1, 0.15) is 11.5 Å². The predicted octanol–water partition coefficient (Wildman–Crippen LogP) is 1.95. The van der Waals surface area contributed by atoms with Crippen molar-refractivity contribution in [3.63, 3.8) is 0 Å². The van der Waals surface area contributed by atoms with Crippen LogP contribution in [0.5, 0.6) is 11.5 Å². The number of methoxy groups -OCH3 is 1. The molecule has 0 unspecified atom stereocenters. The van der Waals surface area contributed by atoms with Gasteiger partial charge in [0.15, 0.2) is 0 Å². The van der Waals surface area contributed by atoms with Crippen LogP contribution >= 0.6 is 11.6 Å². The van der Waals surface area contributed by atoms with Gasteiger partial charge in [-0.05, 0) is 31.0 Å². The molecule has 0 fully saturated rings. The normalized spacial score (nSPS) is 10.2. The first-order chi connectivity index (χ1) is 6.69. The van der Waals surface area contributed by atoms with E-state index in [-0.39, 0.29) is 5.75 Å². The van der Waals surface area contributed by atoms with Crippen molar-refractivity contribution in [3.8, 4) is 11.5 Å². The van der Waals surface area contributed by atoms with Crippen LogP contribution in [0, 0.1) is 0 Å². The first kappa shape index (κ1) is 11.1. The second kappa shape index (κ2) is 5.08. The molecule has 1 aromatic rings. The summed E-state index contributed by atoms with van der Waals surface area (Å²) in [7, 11) is 1.51. The molecule has 1 aromatic carbocycles. The molecule has 0 aromatic heterocycles. The topological polar surface area (TPSA) is 55.5 Å². The van der Waals surface area contributed by atoms with E-state index in [1.807, 2.05) is 0 Å². The number of nitrogens with two attached hydrogens (primary N) is 1. The van der Waals surface area contributed by atoms with Gasteiger partial charge >= 0.3 is 0 Å². The molecule has 0 aliphatic carbocycles. The molecule has 14 heavy (non-hydrogen) atoms. The molecule has 0 amide bonds. The first-order valence-electron chi connectivity index (χ1n) is 4.44. The van der Waals surface area contributed by atoms with Crippen molar-refractivity contribution >= 4 is 11.6 Å². The molecule has 0 aliphatic heterocycles. The highest BCUT2D eigenvalue weighted by molar-refractivity contribution is 6.32. The van der Waals surface area contributed by atoms with E-state index < -0.39 is 0 Å². The summed E-state index contributed by atoms with van der Waals surface area (Å²) in [5, 5.41) is 10.1. The number of halogens is 1. The molecule has 1 rings (SSSR count). The minimum Gasteiger partial charge on any atom is -0.508 e. The summed E-state index contributed by atoms with van der Waals surface area (Å²) in [6.07, 6.45) is 1.56. The summed E-state index contributed by atoms with van der Waals surface area (Å²) in [6, 6.07) is 3.24. The molecular weight excluding hydrogens is 202 g/mol. The summed E-state index contributed by atoms with van der Waals surface area (Å²) in [5.74, 6) is 0.695. The zero-order valence-corrected chi connectivity index (χ0v) is 8.84. The summed E-state index contributed by atoms with van der Waals surface area (Å²) < 4.78 is 4.97. The lowest BCUT2D eigenvalue weighted by Gasteiger charge is -2.08. The lowest BCUT2D eigenvalue weighted by atomic mass is 10.1. The van der Waals surface area contributed by atoms with Crippen molar-refractivity contribution in [2.45, 2.75) is 12.8 Å². The van der Waals surface area contributed by atoms with E-state index in [9.17, 15) is 5.11 Å². The number of aryl methyl sites for hydroxylation is 1. The minimum atomic E-state index is 0.208. The number of rotatable bonds is 4. The van der Waals surface area contributed by atoms with Crippen molar-refractivity contribution in [1.82, 2.24) is 0 Å². The number of phenols is 1. The molecule has 0 radical (unpaired) electrons. The minimum absolute atomic E-state index is 0.208. The molecule has 0 aliphatic rings. The van der Waals surface area contributed by atoms with Gasteiger partial charge in [0, 0.05) is 6.07 Å². The molecule has 0 atom stereocenters. The Balaban J connectivity index is 2.90. The Labute approximate surface area is 88.4 Å². The van der Waals surface area contributed by atoms with Gasteiger partial charge in [-0.25, -0.2) is 0 Å². The van der Waals surface area contributed by atoms with Crippen LogP contribution in [0.4, 0.5) is 0 Å². The highest BCUT2D eigenvalue weighted by Crippen LogP contribution is 2.32. The molecule has 78 valence electrons. The lowest BCUT2D eigenvalue weighted by molar-refractivity contribution is 0.406. The van der Waals surface area contributed by atoms with Gasteiger partial charge in [0.2, 0.25) is 0 Å². The Morgan fingerprint density at radius 3 is 2.79 bits per heavy atom. The molecular formula is C10H14ClNO2. The maximum absolute atomic E-state index is 9.59. The predicted molar refractivity (Wildman–Crippen MR) is 57.0 cm³/mol. The van der Waals surface area contributed by atoms with Crippen LogP contribution in [0.25, 0.3) is 0 Å². The van der Waals surface area contributed by atoms with Crippen LogP contribution < -0.4 is 10.5 Å². The largest absolute Gasteiger partial charge is 0.508 e. The zero-order valence-electron chi connectivity index (χ0n) is 8.09. The van der Waals surface area contributed by atoms with Gasteiger partial charge in [0.25, 0.3) is 0 Å². The Morgan fingerprint density at radius 1 is 1.50 bits per heavy atom. The Hall–Kier alpha value is -0.930. The van der Waals surface area contributed by atoms with Gasteiger partial charge in [-0.3, -0.25) is 0 Å². The summed E-state index contributed by atoms with van der Waals surface area (Å²) in [4.78, 5) is 0. The smallest absolute Gasteiger partial charge is 0.141 e. The molecule has 0 saturated carbocycles. The first-order valence-corrected chi connectivity index (χ1v) is 4.82. The van der Waals surface area contributed by atoms with Gasteiger partial charge in [0.05, 0.1) is 12.1 Å². The van der Waals surface area contributed by atoms with Crippen LogP contribution in [-0.2, 0) is 6.42 Å². The molecule has 0 bridgehead atoms. The van der Waals surface area contributed by atoms with Crippen molar-refractivity contribution in [1.29, 1.82) is 0 Å². The molecule has 0 saturated heterocycles. The average Bonchev–Trinajstić information content (AvgIpc) is 2.18. The van der Waals surface area contributed by atoms with E-state index in [1.54, 1.807) is 6.07 Å². The molecule has 3 nitrogen and oxygen atoms in total. The van der Waals surface area contributed by atoms with Crippen molar-refractivity contribution in [2.75, 3.05) is 13.7 Å². The SMILES string of the molecule is COc1cc(O)c(CCCN)cc1Cl. The van der Waals surface area contributed by atoms with Crippen molar-refractivity contribution in [3.05, 3.63) is 22.7 Å². The second-order valence-corrected chi connectivity index (χ2v) is 3.41. The van der Waals surface area contributed by atoms with Gasteiger partial charge in [-0.15, -0.1) is 0 Å². The van der Waals surface area contributed by atoms with E-state index in [1.165, 1.54) is 13.2 Å². The van der Waals surface area contributed by atoms with Gasteiger partial charge < -0.3 is 15.6 Å². The number of hydrogen-bond acceptors (Lipinski definition) is 3. The lowest BCUT2D eigenvalue weighted by Crippen LogP contribution is -2.00. The van der Waals surface area contributed by atoms with E-state index in [4.69, 9.17) is 22.1 Å². The quantitative estimate of drug-likeness (QED) is 0.807. The van der Waals surface area contributed by atoms with Crippen LogP contribution in [0.15, 0.2) is 12.1 Å². The van der Waals surface area contributed by atoms with Crippen molar-refractivity contribution < 1.29 is 9.84 Å². The highest BCUT2D eigenvalue weighted by atomic mass is 35.5. The summed E-state index contributed by atoms with van der Waals surface area (Å²) in [6.45, 7) is 0.600. The number of ether oxygens (including phenoxy) is 1. The number of benzene rings is 1. The standard InChI is InChI=1S/C10H14ClNO2/c1-14-10-6-9(13)7(3-2-4-12)5-8(10)11/h5-6,13H,2-4,12H2,1H3. The fourth-order valence-electron chi connectivity index (χ4n) is 1.23. The maximum Gasteiger partial charge on any atom is 0.141 e. The molecule has 0 spiro atoms. The second-order valence-electron chi connectivity index (χ2n) is 3.01. The van der Waals surface area contributed by atoms with Gasteiger partial charge in [-0.2, -0.15) is 0 Å². The third kappa shape index (κ3) is 2.53. The van der Waals surface area contributed by atoms with E-state index >= 15 is 0 Å². The Morgan fingerprint density at radius 2 is 2.21 bits per heavy atom. The fraction of sp³-hybridized carbons (Fsp3) is 0.400. The Kier molecular flexibility index (Phi) is 4.04. The van der Waals surface area contributed by atoms with Crippen molar-refractivity contribution in [2.24, 2.45) is 5.73 Å². The monoisotopic (exact) mass is 215 g/mol. The summed E-state index contributed by atoms with van der Waals surface area (Å²) in [5.41, 5.74) is 6.19.